The Morgan fingerprint density at radius 3 is 2.89 bits per heavy atom. The van der Waals surface area contributed by atoms with Crippen LogP contribution >= 0.6 is 0 Å². The van der Waals surface area contributed by atoms with E-state index in [9.17, 15) is 5.11 Å². The minimum Gasteiger partial charge on any atom is -0.393 e. The second kappa shape index (κ2) is 5.72. The number of nitrogens with zero attached hydrogens (tertiary/aromatic N) is 1. The van der Waals surface area contributed by atoms with E-state index in [0.717, 1.165) is 26.1 Å². The minimum atomic E-state index is -0.201. The summed E-state index contributed by atoms with van der Waals surface area (Å²) < 4.78 is 0. The van der Waals surface area contributed by atoms with E-state index in [4.69, 9.17) is 0 Å². The van der Waals surface area contributed by atoms with Crippen LogP contribution in [-0.4, -0.2) is 31.3 Å². The van der Waals surface area contributed by atoms with Crippen molar-refractivity contribution in [1.29, 1.82) is 0 Å². The van der Waals surface area contributed by atoms with Crippen molar-refractivity contribution >= 4 is 5.69 Å². The number of hydrogen-bond donors (Lipinski definition) is 2. The predicted octanol–water partition coefficient (Wildman–Crippen LogP) is 1.92. The van der Waals surface area contributed by atoms with E-state index < -0.39 is 0 Å². The van der Waals surface area contributed by atoms with Gasteiger partial charge in [0.25, 0.3) is 0 Å². The first-order chi connectivity index (χ1) is 8.61. The highest BCUT2D eigenvalue weighted by molar-refractivity contribution is 5.55. The van der Waals surface area contributed by atoms with E-state index in [-0.39, 0.29) is 6.10 Å². The first-order valence-corrected chi connectivity index (χ1v) is 6.79. The minimum absolute atomic E-state index is 0.201. The van der Waals surface area contributed by atoms with Gasteiger partial charge in [-0.05, 0) is 38.9 Å². The van der Waals surface area contributed by atoms with Gasteiger partial charge in [0.15, 0.2) is 0 Å². The maximum absolute atomic E-state index is 9.69. The lowest BCUT2D eigenvalue weighted by Gasteiger charge is -2.23. The van der Waals surface area contributed by atoms with Crippen molar-refractivity contribution in [3.63, 3.8) is 0 Å². The van der Waals surface area contributed by atoms with Crippen molar-refractivity contribution < 1.29 is 5.11 Å². The van der Waals surface area contributed by atoms with E-state index in [0.29, 0.717) is 5.92 Å². The summed E-state index contributed by atoms with van der Waals surface area (Å²) in [7, 11) is 1.98. The van der Waals surface area contributed by atoms with Gasteiger partial charge < -0.3 is 15.3 Å². The Bertz CT molecular complexity index is 403. The number of nitrogens with one attached hydrogen (secondary N) is 1. The molecule has 2 N–H and O–H groups in total. The average Bonchev–Trinajstić information content (AvgIpc) is 2.79. The number of aliphatic hydroxyl groups is 1. The highest BCUT2D eigenvalue weighted by Crippen LogP contribution is 2.29. The second-order valence-corrected chi connectivity index (χ2v) is 5.40. The maximum atomic E-state index is 9.69. The van der Waals surface area contributed by atoms with Crippen molar-refractivity contribution in [2.45, 2.75) is 32.9 Å². The van der Waals surface area contributed by atoms with Crippen LogP contribution in [0.4, 0.5) is 5.69 Å². The molecule has 0 saturated carbocycles. The van der Waals surface area contributed by atoms with Crippen LogP contribution in [0.15, 0.2) is 18.2 Å². The molecule has 0 aromatic heterocycles. The van der Waals surface area contributed by atoms with Crippen LogP contribution in [-0.2, 0) is 6.54 Å². The molecule has 1 fully saturated rings. The number of anilines is 1. The standard InChI is InChI=1S/C15H24N2O/c1-11-4-5-15(14(8-11)9-16-3)17-7-6-13(10-17)12(2)18/h4-5,8,12-13,16,18H,6-7,9-10H2,1-3H3. The molecule has 0 bridgehead atoms. The van der Waals surface area contributed by atoms with Crippen LogP contribution in [0.2, 0.25) is 0 Å². The third-order valence-corrected chi connectivity index (χ3v) is 3.85. The van der Waals surface area contributed by atoms with Crippen molar-refractivity contribution in [3.05, 3.63) is 29.3 Å². The van der Waals surface area contributed by atoms with Gasteiger partial charge in [-0.2, -0.15) is 0 Å². The molecule has 1 saturated heterocycles. The fraction of sp³-hybridized carbons (Fsp3) is 0.600. The quantitative estimate of drug-likeness (QED) is 0.854. The highest BCUT2D eigenvalue weighted by atomic mass is 16.3. The molecule has 1 aromatic carbocycles. The van der Waals surface area contributed by atoms with Crippen molar-refractivity contribution in [2.75, 3.05) is 25.0 Å². The fourth-order valence-electron chi connectivity index (χ4n) is 2.75. The molecule has 100 valence electrons. The molecule has 2 atom stereocenters. The van der Waals surface area contributed by atoms with E-state index in [1.807, 2.05) is 14.0 Å². The van der Waals surface area contributed by atoms with Gasteiger partial charge >= 0.3 is 0 Å². The zero-order valence-corrected chi connectivity index (χ0v) is 11.6. The molecule has 0 spiro atoms. The Kier molecular flexibility index (Phi) is 4.25. The molecular formula is C15H24N2O. The van der Waals surface area contributed by atoms with Crippen LogP contribution in [0.3, 0.4) is 0 Å². The van der Waals surface area contributed by atoms with Crippen LogP contribution in [0.1, 0.15) is 24.5 Å². The summed E-state index contributed by atoms with van der Waals surface area (Å²) >= 11 is 0. The SMILES string of the molecule is CNCc1cc(C)ccc1N1CCC(C(C)O)C1. The lowest BCUT2D eigenvalue weighted by atomic mass is 10.0. The van der Waals surface area contributed by atoms with Crippen molar-refractivity contribution in [3.8, 4) is 0 Å². The Hall–Kier alpha value is -1.06. The van der Waals surface area contributed by atoms with Crippen molar-refractivity contribution in [1.82, 2.24) is 5.32 Å². The normalized spacial score (nSPS) is 21.3. The molecular weight excluding hydrogens is 224 g/mol. The third kappa shape index (κ3) is 2.85. The average molecular weight is 248 g/mol. The summed E-state index contributed by atoms with van der Waals surface area (Å²) in [5.41, 5.74) is 3.97. The molecule has 1 aliphatic rings. The summed E-state index contributed by atoms with van der Waals surface area (Å²) in [6.45, 7) is 6.95. The van der Waals surface area contributed by atoms with Crippen molar-refractivity contribution in [2.24, 2.45) is 5.92 Å². The number of aliphatic hydroxyl groups excluding tert-OH is 1. The monoisotopic (exact) mass is 248 g/mol. The fourth-order valence-corrected chi connectivity index (χ4v) is 2.75. The molecule has 1 aliphatic heterocycles. The number of hydrogen-bond acceptors (Lipinski definition) is 3. The van der Waals surface area contributed by atoms with Gasteiger partial charge in [0.2, 0.25) is 0 Å². The predicted molar refractivity (Wildman–Crippen MR) is 75.9 cm³/mol. The first-order valence-electron chi connectivity index (χ1n) is 6.79. The van der Waals surface area contributed by atoms with Gasteiger partial charge in [-0.25, -0.2) is 0 Å². The van der Waals surface area contributed by atoms with E-state index in [1.54, 1.807) is 0 Å². The zero-order chi connectivity index (χ0) is 13.1. The molecule has 3 heteroatoms. The lowest BCUT2D eigenvalue weighted by molar-refractivity contribution is 0.136. The van der Waals surface area contributed by atoms with Gasteiger partial charge in [0, 0.05) is 31.2 Å². The largest absolute Gasteiger partial charge is 0.393 e. The Labute approximate surface area is 110 Å². The van der Waals surface area contributed by atoms with Gasteiger partial charge in [-0.1, -0.05) is 17.7 Å². The lowest BCUT2D eigenvalue weighted by Crippen LogP contribution is -2.25. The summed E-state index contributed by atoms with van der Waals surface area (Å²) in [4.78, 5) is 2.41. The molecule has 1 heterocycles. The smallest absolute Gasteiger partial charge is 0.0557 e. The van der Waals surface area contributed by atoms with Gasteiger partial charge in [-0.3, -0.25) is 0 Å². The molecule has 2 unspecified atom stereocenters. The van der Waals surface area contributed by atoms with E-state index in [1.165, 1.54) is 16.8 Å². The summed E-state index contributed by atoms with van der Waals surface area (Å²) in [6, 6.07) is 6.64. The van der Waals surface area contributed by atoms with E-state index >= 15 is 0 Å². The number of aryl methyl sites for hydroxylation is 1. The summed E-state index contributed by atoms with van der Waals surface area (Å²) in [5, 5.41) is 12.9. The summed E-state index contributed by atoms with van der Waals surface area (Å²) in [6.07, 6.45) is 0.887. The van der Waals surface area contributed by atoms with Crippen LogP contribution in [0, 0.1) is 12.8 Å². The Morgan fingerprint density at radius 1 is 1.50 bits per heavy atom. The van der Waals surface area contributed by atoms with Crippen LogP contribution in [0.5, 0.6) is 0 Å². The first kappa shape index (κ1) is 13.4. The molecule has 1 aromatic rings. The number of benzene rings is 1. The topological polar surface area (TPSA) is 35.5 Å². The molecule has 3 nitrogen and oxygen atoms in total. The van der Waals surface area contributed by atoms with Gasteiger partial charge in [-0.15, -0.1) is 0 Å². The molecule has 0 radical (unpaired) electrons. The Morgan fingerprint density at radius 2 is 2.28 bits per heavy atom. The van der Waals surface area contributed by atoms with E-state index in [2.05, 4.69) is 35.3 Å². The molecule has 18 heavy (non-hydrogen) atoms. The number of rotatable bonds is 4. The van der Waals surface area contributed by atoms with Gasteiger partial charge in [0.05, 0.1) is 6.10 Å². The summed E-state index contributed by atoms with van der Waals surface area (Å²) in [5.74, 6) is 0.411. The maximum Gasteiger partial charge on any atom is 0.0557 e. The third-order valence-electron chi connectivity index (χ3n) is 3.85. The zero-order valence-electron chi connectivity index (χ0n) is 11.6. The molecule has 0 amide bonds. The molecule has 0 aliphatic carbocycles. The molecule has 2 rings (SSSR count). The van der Waals surface area contributed by atoms with Crippen LogP contribution < -0.4 is 10.2 Å². The van der Waals surface area contributed by atoms with Crippen LogP contribution in [0.25, 0.3) is 0 Å². The van der Waals surface area contributed by atoms with Gasteiger partial charge in [0.1, 0.15) is 0 Å². The highest BCUT2D eigenvalue weighted by Gasteiger charge is 2.27. The Balaban J connectivity index is 2.18. The second-order valence-electron chi connectivity index (χ2n) is 5.40.